The van der Waals surface area contributed by atoms with Crippen LogP contribution in [0.15, 0.2) is 79.0 Å². The number of aryl methyl sites for hydroxylation is 1. The monoisotopic (exact) mass is 727 g/mol. The van der Waals surface area contributed by atoms with Gasteiger partial charge in [0.15, 0.2) is 5.65 Å². The van der Waals surface area contributed by atoms with Crippen LogP contribution in [0, 0.1) is 5.82 Å². The quantitative estimate of drug-likeness (QED) is 0.214. The van der Waals surface area contributed by atoms with Gasteiger partial charge in [-0.3, -0.25) is 24.6 Å². The Morgan fingerprint density at radius 2 is 1.70 bits per heavy atom. The first-order chi connectivity index (χ1) is 26.4. The third-order valence-corrected chi connectivity index (χ3v) is 11.3. The van der Waals surface area contributed by atoms with E-state index >= 15 is 0 Å². The average Bonchev–Trinajstić information content (AvgIpc) is 3.93. The number of carbonyl (C=O) groups is 3. The van der Waals surface area contributed by atoms with Crippen molar-refractivity contribution < 1.29 is 18.8 Å². The molecule has 0 radical (unpaired) electrons. The molecule has 12 nitrogen and oxygen atoms in total. The lowest BCUT2D eigenvalue weighted by Crippen LogP contribution is -2.52. The van der Waals surface area contributed by atoms with Crippen molar-refractivity contribution in [3.05, 3.63) is 107 Å². The maximum absolute atomic E-state index is 14.1. The molecule has 3 saturated heterocycles. The molecular weight excluding hydrogens is 686 g/mol. The molecule has 13 heteroatoms. The number of hydrogen-bond acceptors (Lipinski definition) is 9. The maximum atomic E-state index is 14.1. The summed E-state index contributed by atoms with van der Waals surface area (Å²) in [5, 5.41) is 7.39. The Kier molecular flexibility index (Phi) is 9.01. The van der Waals surface area contributed by atoms with Crippen LogP contribution >= 0.6 is 0 Å². The standard InChI is InChI=1S/C41H42FN9O3/c42-30-7-1-6-28(24-30)33-9-4-18-49(33)38-15-14-36-43-25-35(51(36)46-38)32-8-2-10-37(44-32)48-21-19-47(20-22-48)17-3-5-27-11-12-31-29(23-27)26-50(41(31)54)34-13-16-39(52)45-40(34)53/h1-2,6-8,10-12,14-15,23-25,33-34H,3-5,9,13,16-22,26H2,(H,45,52,53)/t33-,34?/m1/s1. The molecule has 1 N–H and O–H groups in total. The van der Waals surface area contributed by atoms with Crippen LogP contribution in [0.5, 0.6) is 0 Å². The number of piperidine rings is 1. The minimum Gasteiger partial charge on any atom is -0.354 e. The highest BCUT2D eigenvalue weighted by atomic mass is 19.1. The number of halogens is 1. The molecule has 7 heterocycles. The highest BCUT2D eigenvalue weighted by Crippen LogP contribution is 2.36. The second-order valence-corrected chi connectivity index (χ2v) is 14.7. The zero-order valence-corrected chi connectivity index (χ0v) is 30.0. The van der Waals surface area contributed by atoms with E-state index in [0.29, 0.717) is 18.5 Å². The minimum atomic E-state index is -0.595. The first-order valence-corrected chi connectivity index (χ1v) is 19.0. The van der Waals surface area contributed by atoms with Crippen LogP contribution in [0.1, 0.15) is 65.2 Å². The molecule has 3 fully saturated rings. The number of piperazine rings is 1. The molecule has 0 bridgehead atoms. The molecule has 276 valence electrons. The number of aromatic nitrogens is 4. The molecule has 1 unspecified atom stereocenters. The van der Waals surface area contributed by atoms with E-state index in [2.05, 4.69) is 37.1 Å². The van der Waals surface area contributed by atoms with Gasteiger partial charge >= 0.3 is 0 Å². The van der Waals surface area contributed by atoms with Crippen molar-refractivity contribution >= 4 is 35.0 Å². The predicted octanol–water partition coefficient (Wildman–Crippen LogP) is 4.79. The second-order valence-electron chi connectivity index (χ2n) is 14.7. The largest absolute Gasteiger partial charge is 0.354 e. The Hall–Kier alpha value is -5.69. The number of benzene rings is 2. The van der Waals surface area contributed by atoms with Gasteiger partial charge in [0.05, 0.1) is 17.9 Å². The van der Waals surface area contributed by atoms with Gasteiger partial charge in [0.25, 0.3) is 5.91 Å². The van der Waals surface area contributed by atoms with Crippen LogP contribution in [0.2, 0.25) is 0 Å². The van der Waals surface area contributed by atoms with Crippen LogP contribution in [0.3, 0.4) is 0 Å². The van der Waals surface area contributed by atoms with Gasteiger partial charge in [0, 0.05) is 51.3 Å². The molecule has 0 aliphatic carbocycles. The molecule has 2 aromatic carbocycles. The van der Waals surface area contributed by atoms with Crippen LogP contribution in [-0.4, -0.2) is 92.4 Å². The molecule has 3 aromatic heterocycles. The minimum absolute atomic E-state index is 0.0728. The van der Waals surface area contributed by atoms with Crippen molar-refractivity contribution in [3.63, 3.8) is 0 Å². The number of imidazole rings is 1. The third-order valence-electron chi connectivity index (χ3n) is 11.3. The SMILES string of the molecule is O=C1CCC(N2Cc3cc(CCCN4CCN(c5cccc(-c6cnc7ccc(N8CCC[C@@H]8c8cccc(F)c8)nn67)n5)CC4)ccc3C2=O)C(=O)N1. The number of fused-ring (bicyclic) bond motifs is 2. The molecule has 54 heavy (non-hydrogen) atoms. The van der Waals surface area contributed by atoms with Crippen LogP contribution in [-0.2, 0) is 22.6 Å². The lowest BCUT2D eigenvalue weighted by atomic mass is 10.0. The molecule has 0 saturated carbocycles. The summed E-state index contributed by atoms with van der Waals surface area (Å²) in [6, 6.07) is 22.5. The van der Waals surface area contributed by atoms with Gasteiger partial charge in [-0.1, -0.05) is 30.3 Å². The highest BCUT2D eigenvalue weighted by molar-refractivity contribution is 6.05. The molecular formula is C41H42FN9O3. The number of amides is 3. The van der Waals surface area contributed by atoms with E-state index < -0.39 is 6.04 Å². The van der Waals surface area contributed by atoms with E-state index in [-0.39, 0.29) is 36.0 Å². The first kappa shape index (κ1) is 34.1. The van der Waals surface area contributed by atoms with Crippen molar-refractivity contribution in [3.8, 4) is 11.4 Å². The summed E-state index contributed by atoms with van der Waals surface area (Å²) in [6.45, 7) is 5.86. The third kappa shape index (κ3) is 6.57. The summed E-state index contributed by atoms with van der Waals surface area (Å²) in [7, 11) is 0. The number of pyridine rings is 1. The Morgan fingerprint density at radius 1 is 0.833 bits per heavy atom. The number of nitrogens with zero attached hydrogens (tertiary/aromatic N) is 8. The number of rotatable bonds is 9. The van der Waals surface area contributed by atoms with Crippen LogP contribution < -0.4 is 15.1 Å². The van der Waals surface area contributed by atoms with Gasteiger partial charge in [-0.2, -0.15) is 0 Å². The Labute approximate surface area is 312 Å². The molecule has 4 aliphatic rings. The lowest BCUT2D eigenvalue weighted by Gasteiger charge is -2.35. The normalized spacial score (nSPS) is 20.6. The molecule has 0 spiro atoms. The van der Waals surface area contributed by atoms with Gasteiger partial charge in [-0.05, 0) is 97.8 Å². The van der Waals surface area contributed by atoms with Gasteiger partial charge in [0.2, 0.25) is 11.8 Å². The summed E-state index contributed by atoms with van der Waals surface area (Å²) in [5.74, 6) is 0.751. The highest BCUT2D eigenvalue weighted by Gasteiger charge is 2.39. The fourth-order valence-electron chi connectivity index (χ4n) is 8.53. The summed E-state index contributed by atoms with van der Waals surface area (Å²) in [4.78, 5) is 55.5. The van der Waals surface area contributed by atoms with Gasteiger partial charge in [-0.25, -0.2) is 18.9 Å². The number of carbonyl (C=O) groups excluding carboxylic acids is 3. The predicted molar refractivity (Wildman–Crippen MR) is 201 cm³/mol. The van der Waals surface area contributed by atoms with E-state index in [4.69, 9.17) is 10.1 Å². The molecule has 3 amide bonds. The van der Waals surface area contributed by atoms with E-state index in [1.807, 2.05) is 53.2 Å². The maximum Gasteiger partial charge on any atom is 0.255 e. The van der Waals surface area contributed by atoms with Gasteiger partial charge in [0.1, 0.15) is 29.2 Å². The number of hydrogen-bond donors (Lipinski definition) is 1. The smallest absolute Gasteiger partial charge is 0.255 e. The summed E-state index contributed by atoms with van der Waals surface area (Å²) in [6.07, 6.45) is 6.32. The van der Waals surface area contributed by atoms with Crippen molar-refractivity contribution in [2.45, 2.75) is 57.2 Å². The summed E-state index contributed by atoms with van der Waals surface area (Å²) in [5.41, 5.74) is 6.14. The molecule has 5 aromatic rings. The van der Waals surface area contributed by atoms with E-state index in [9.17, 15) is 18.8 Å². The number of nitrogens with one attached hydrogen (secondary N) is 1. The average molecular weight is 728 g/mol. The van der Waals surface area contributed by atoms with Crippen molar-refractivity contribution in [2.75, 3.05) is 49.1 Å². The van der Waals surface area contributed by atoms with Gasteiger partial charge in [-0.15, -0.1) is 5.10 Å². The first-order valence-electron chi connectivity index (χ1n) is 19.0. The lowest BCUT2D eigenvalue weighted by molar-refractivity contribution is -0.136. The Morgan fingerprint density at radius 3 is 2.56 bits per heavy atom. The summed E-state index contributed by atoms with van der Waals surface area (Å²) >= 11 is 0. The van der Waals surface area contributed by atoms with Gasteiger partial charge < -0.3 is 14.7 Å². The Bertz CT molecular complexity index is 2250. The zero-order valence-electron chi connectivity index (χ0n) is 30.0. The topological polar surface area (TPSA) is 119 Å². The number of anilines is 2. The summed E-state index contributed by atoms with van der Waals surface area (Å²) < 4.78 is 15.9. The van der Waals surface area contributed by atoms with E-state index in [1.165, 1.54) is 11.6 Å². The fourth-order valence-corrected chi connectivity index (χ4v) is 8.53. The van der Waals surface area contributed by atoms with Crippen molar-refractivity contribution in [1.82, 2.24) is 34.7 Å². The number of imide groups is 1. The van der Waals surface area contributed by atoms with Crippen molar-refractivity contribution in [2.24, 2.45) is 0 Å². The van der Waals surface area contributed by atoms with Crippen LogP contribution in [0.25, 0.3) is 17.0 Å². The van der Waals surface area contributed by atoms with Crippen molar-refractivity contribution in [1.29, 1.82) is 0 Å². The molecule has 2 atom stereocenters. The van der Waals surface area contributed by atoms with Crippen LogP contribution in [0.4, 0.5) is 16.0 Å². The van der Waals surface area contributed by atoms with E-state index in [1.54, 1.807) is 17.0 Å². The zero-order chi connectivity index (χ0) is 36.8. The molecule has 9 rings (SSSR count). The Balaban J connectivity index is 0.807. The van der Waals surface area contributed by atoms with E-state index in [0.717, 1.165) is 105 Å². The fraction of sp³-hybridized carbons (Fsp3) is 0.366. The molecule has 4 aliphatic heterocycles. The second kappa shape index (κ2) is 14.3.